The second-order valence-electron chi connectivity index (χ2n) is 6.13. The van der Waals surface area contributed by atoms with Crippen LogP contribution < -0.4 is 9.81 Å². The lowest BCUT2D eigenvalue weighted by Crippen LogP contribution is -2.48. The highest BCUT2D eigenvalue weighted by Crippen LogP contribution is 2.20. The lowest BCUT2D eigenvalue weighted by molar-refractivity contribution is 0.101. The molecular weight excluding hydrogens is 322 g/mol. The quantitative estimate of drug-likeness (QED) is 0.804. The number of Topliss-reactive ketones (excluding diaryl/α,β-unsaturated/α-hetero) is 1. The molecule has 1 aromatic heterocycles. The van der Waals surface area contributed by atoms with Crippen LogP contribution >= 0.6 is 11.3 Å². The van der Waals surface area contributed by atoms with E-state index >= 15 is 0 Å². The van der Waals surface area contributed by atoms with Gasteiger partial charge in [-0.1, -0.05) is 29.0 Å². The Hall–Kier alpha value is -1.92. The van der Waals surface area contributed by atoms with Crippen LogP contribution in [-0.4, -0.2) is 36.8 Å². The fourth-order valence-corrected chi connectivity index (χ4v) is 4.01. The van der Waals surface area contributed by atoms with Gasteiger partial charge in [0, 0.05) is 6.92 Å². The molecule has 0 radical (unpaired) electrons. The molecule has 0 N–H and O–H groups in total. The molecule has 2 aromatic rings. The molecule has 0 unspecified atom stereocenters. The van der Waals surface area contributed by atoms with Gasteiger partial charge >= 0.3 is 0 Å². The zero-order chi connectivity index (χ0) is 17.3. The van der Waals surface area contributed by atoms with Gasteiger partial charge in [-0.05, 0) is 32.4 Å². The number of hydrogen-bond acceptors (Lipinski definition) is 5. The summed E-state index contributed by atoms with van der Waals surface area (Å²) in [5.74, 6) is 0.0848. The summed E-state index contributed by atoms with van der Waals surface area (Å²) in [4.78, 5) is 18.5. The maximum Gasteiger partial charge on any atom is 0.209 e. The van der Waals surface area contributed by atoms with Crippen molar-refractivity contribution in [2.24, 2.45) is 4.99 Å². The monoisotopic (exact) mass is 345 g/mol. The summed E-state index contributed by atoms with van der Waals surface area (Å²) in [7, 11) is 0. The van der Waals surface area contributed by atoms with E-state index in [4.69, 9.17) is 9.73 Å². The summed E-state index contributed by atoms with van der Waals surface area (Å²) in [5.41, 5.74) is 4.26. The maximum absolute atomic E-state index is 12.0. The molecule has 128 valence electrons. The lowest BCUT2D eigenvalue weighted by atomic mass is 10.1. The first kappa shape index (κ1) is 16.9. The molecule has 6 heteroatoms. The number of carbonyl (C=O) groups excluding carboxylic acids is 1. The first-order valence-corrected chi connectivity index (χ1v) is 8.97. The van der Waals surface area contributed by atoms with Gasteiger partial charge in [0.2, 0.25) is 4.80 Å². The Kier molecular flexibility index (Phi) is 4.87. The van der Waals surface area contributed by atoms with Crippen LogP contribution in [0.4, 0.5) is 5.69 Å². The zero-order valence-electron chi connectivity index (χ0n) is 14.6. The van der Waals surface area contributed by atoms with E-state index in [1.807, 2.05) is 13.0 Å². The predicted octanol–water partition coefficient (Wildman–Crippen LogP) is 2.88. The molecule has 1 aromatic carbocycles. The topological polar surface area (TPSA) is 46.8 Å². The number of morpholine rings is 1. The number of hydrogen-bond donors (Lipinski definition) is 0. The van der Waals surface area contributed by atoms with Crippen LogP contribution in [0.25, 0.3) is 0 Å². The molecule has 1 aliphatic rings. The van der Waals surface area contributed by atoms with Gasteiger partial charge in [-0.15, -0.1) is 0 Å². The Morgan fingerprint density at radius 2 is 1.92 bits per heavy atom. The third kappa shape index (κ3) is 3.30. The van der Waals surface area contributed by atoms with E-state index in [2.05, 4.69) is 35.7 Å². The molecule has 1 aliphatic heterocycles. The van der Waals surface area contributed by atoms with Crippen LogP contribution in [0.15, 0.2) is 23.2 Å². The van der Waals surface area contributed by atoms with Crippen LogP contribution in [-0.2, 0) is 4.74 Å². The number of aromatic nitrogens is 1. The highest BCUT2D eigenvalue weighted by Gasteiger charge is 2.20. The molecular formula is C18H23N3O2S. The first-order valence-electron chi connectivity index (χ1n) is 8.15. The third-order valence-electron chi connectivity index (χ3n) is 4.18. The summed E-state index contributed by atoms with van der Waals surface area (Å²) in [6.45, 7) is 10.7. The van der Waals surface area contributed by atoms with E-state index in [0.29, 0.717) is 13.2 Å². The van der Waals surface area contributed by atoms with E-state index in [9.17, 15) is 4.79 Å². The van der Waals surface area contributed by atoms with Crippen molar-refractivity contribution in [2.75, 3.05) is 31.3 Å². The molecule has 0 saturated carbocycles. The van der Waals surface area contributed by atoms with Crippen molar-refractivity contribution < 1.29 is 9.53 Å². The van der Waals surface area contributed by atoms with Crippen LogP contribution in [0.3, 0.4) is 0 Å². The molecule has 5 nitrogen and oxygen atoms in total. The minimum absolute atomic E-state index is 0.0848. The molecule has 0 amide bonds. The van der Waals surface area contributed by atoms with E-state index in [0.717, 1.165) is 39.7 Å². The van der Waals surface area contributed by atoms with E-state index in [1.165, 1.54) is 16.9 Å². The summed E-state index contributed by atoms with van der Waals surface area (Å²) in [6.07, 6.45) is 0. The Bertz CT molecular complexity index is 829. The summed E-state index contributed by atoms with van der Waals surface area (Å²) in [5, 5.41) is 2.21. The maximum atomic E-state index is 12.0. The third-order valence-corrected chi connectivity index (χ3v) is 5.41. The van der Waals surface area contributed by atoms with Crippen molar-refractivity contribution in [3.8, 4) is 0 Å². The molecule has 0 atom stereocenters. The first-order chi connectivity index (χ1) is 11.5. The van der Waals surface area contributed by atoms with Gasteiger partial charge in [0.25, 0.3) is 0 Å². The number of aryl methyl sites for hydroxylation is 2. The molecule has 1 fully saturated rings. The van der Waals surface area contributed by atoms with Gasteiger partial charge in [-0.3, -0.25) is 4.79 Å². The van der Waals surface area contributed by atoms with Crippen LogP contribution in [0.1, 0.15) is 33.4 Å². The van der Waals surface area contributed by atoms with Crippen LogP contribution in [0.2, 0.25) is 0 Å². The molecule has 0 aliphatic carbocycles. The summed E-state index contributed by atoms with van der Waals surface area (Å²) < 4.78 is 7.54. The van der Waals surface area contributed by atoms with Crippen molar-refractivity contribution in [3.05, 3.63) is 44.7 Å². The largest absolute Gasteiger partial charge is 0.378 e. The van der Waals surface area contributed by atoms with Gasteiger partial charge in [-0.2, -0.15) is 0 Å². The number of rotatable bonds is 3. The second-order valence-corrected chi connectivity index (χ2v) is 7.11. The van der Waals surface area contributed by atoms with Crippen molar-refractivity contribution >= 4 is 22.8 Å². The number of thiazole rings is 1. The molecule has 1 saturated heterocycles. The number of nitrogens with zero attached hydrogens (tertiary/aromatic N) is 3. The Balaban J connectivity index is 2.16. The van der Waals surface area contributed by atoms with Crippen LogP contribution in [0.5, 0.6) is 0 Å². The SMILES string of the molecule is CC(=O)c1sc(=Nc2ccc(C)cc2C)n(N2CCOCC2)c1C. The van der Waals surface area contributed by atoms with Crippen molar-refractivity contribution in [1.82, 2.24) is 4.68 Å². The Labute approximate surface area is 146 Å². The summed E-state index contributed by atoms with van der Waals surface area (Å²) in [6, 6.07) is 6.23. The number of ether oxygens (including phenoxy) is 1. The minimum atomic E-state index is 0.0848. The molecule has 0 bridgehead atoms. The van der Waals surface area contributed by atoms with E-state index in [1.54, 1.807) is 6.92 Å². The zero-order valence-corrected chi connectivity index (χ0v) is 15.4. The molecule has 2 heterocycles. The normalized spacial score (nSPS) is 15.8. The number of carbonyl (C=O) groups is 1. The Morgan fingerprint density at radius 3 is 2.54 bits per heavy atom. The fourth-order valence-electron chi connectivity index (χ4n) is 2.97. The van der Waals surface area contributed by atoms with Crippen molar-refractivity contribution in [2.45, 2.75) is 27.7 Å². The fraction of sp³-hybridized carbons (Fsp3) is 0.444. The highest BCUT2D eigenvalue weighted by atomic mass is 32.1. The standard InChI is InChI=1S/C18H23N3O2S/c1-12-5-6-16(13(2)11-12)19-18-21(20-7-9-23-10-8-20)14(3)17(24-18)15(4)22/h5-6,11H,7-10H2,1-4H3. The highest BCUT2D eigenvalue weighted by molar-refractivity contribution is 7.11. The van der Waals surface area contributed by atoms with E-state index < -0.39 is 0 Å². The number of benzene rings is 1. The predicted molar refractivity (Wildman–Crippen MR) is 97.0 cm³/mol. The van der Waals surface area contributed by atoms with Crippen molar-refractivity contribution in [1.29, 1.82) is 0 Å². The molecule has 24 heavy (non-hydrogen) atoms. The summed E-state index contributed by atoms with van der Waals surface area (Å²) >= 11 is 1.46. The minimum Gasteiger partial charge on any atom is -0.378 e. The van der Waals surface area contributed by atoms with Gasteiger partial charge in [-0.25, -0.2) is 9.67 Å². The average Bonchev–Trinajstić information content (AvgIpc) is 2.87. The lowest BCUT2D eigenvalue weighted by Gasteiger charge is -2.30. The molecule has 0 spiro atoms. The van der Waals surface area contributed by atoms with Gasteiger partial charge in [0.15, 0.2) is 5.78 Å². The van der Waals surface area contributed by atoms with Gasteiger partial charge in [0.1, 0.15) is 0 Å². The van der Waals surface area contributed by atoms with Gasteiger partial charge < -0.3 is 9.75 Å². The van der Waals surface area contributed by atoms with Crippen LogP contribution in [0, 0.1) is 20.8 Å². The smallest absolute Gasteiger partial charge is 0.209 e. The average molecular weight is 345 g/mol. The number of ketones is 1. The Morgan fingerprint density at radius 1 is 1.21 bits per heavy atom. The molecule has 3 rings (SSSR count). The second kappa shape index (κ2) is 6.91. The van der Waals surface area contributed by atoms with Gasteiger partial charge in [0.05, 0.1) is 42.6 Å². The van der Waals surface area contributed by atoms with E-state index in [-0.39, 0.29) is 5.78 Å². The van der Waals surface area contributed by atoms with Crippen molar-refractivity contribution in [3.63, 3.8) is 0 Å².